The highest BCUT2D eigenvalue weighted by atomic mass is 32.2. The molecule has 0 atom stereocenters. The van der Waals surface area contributed by atoms with Crippen LogP contribution >= 0.6 is 34.9 Å². The summed E-state index contributed by atoms with van der Waals surface area (Å²) >= 11 is 4.07. The smallest absolute Gasteiger partial charge is 0.236 e. The fourth-order valence-corrected chi connectivity index (χ4v) is 3.71. The third-order valence-corrected chi connectivity index (χ3v) is 5.02. The number of thioether (sulfide) groups is 2. The number of halogens is 1. The van der Waals surface area contributed by atoms with Gasteiger partial charge >= 0.3 is 0 Å². The molecular weight excluding hydrogens is 317 g/mol. The molecule has 1 aromatic carbocycles. The van der Waals surface area contributed by atoms with Gasteiger partial charge < -0.3 is 0 Å². The summed E-state index contributed by atoms with van der Waals surface area (Å²) in [5.41, 5.74) is 0. The van der Waals surface area contributed by atoms with Gasteiger partial charge in [-0.1, -0.05) is 42.2 Å². The van der Waals surface area contributed by atoms with Crippen LogP contribution in [-0.4, -0.2) is 27.6 Å². The maximum Gasteiger partial charge on any atom is 0.236 e. The Balaban J connectivity index is 1.84. The number of carbonyl (C=O) groups excluding carboxylic acids is 1. The molecule has 0 aliphatic heterocycles. The lowest BCUT2D eigenvalue weighted by molar-refractivity contribution is -0.113. The second-order valence-corrected chi connectivity index (χ2v) is 7.08. The number of rotatable bonds is 6. The predicted octanol–water partition coefficient (Wildman–Crippen LogP) is 3.52. The Morgan fingerprint density at radius 1 is 1.35 bits per heavy atom. The molecule has 8 heteroatoms. The van der Waals surface area contributed by atoms with Crippen molar-refractivity contribution >= 4 is 45.9 Å². The first kappa shape index (κ1) is 15.3. The van der Waals surface area contributed by atoms with Crippen molar-refractivity contribution < 1.29 is 9.18 Å². The number of hydrogen-bond donors (Lipinski definition) is 1. The molecule has 4 nitrogen and oxygen atoms in total. The summed E-state index contributed by atoms with van der Waals surface area (Å²) in [6.07, 6.45) is 0. The zero-order valence-corrected chi connectivity index (χ0v) is 13.1. The number of hydrogen-bond acceptors (Lipinski definition) is 6. The average Bonchev–Trinajstić information content (AvgIpc) is 2.85. The van der Waals surface area contributed by atoms with E-state index < -0.39 is 0 Å². The normalized spacial score (nSPS) is 10.5. The van der Waals surface area contributed by atoms with E-state index in [1.165, 1.54) is 17.4 Å². The highest BCUT2D eigenvalue weighted by Gasteiger charge is 2.10. The highest BCUT2D eigenvalue weighted by molar-refractivity contribution is 8.01. The molecule has 0 saturated heterocycles. The summed E-state index contributed by atoms with van der Waals surface area (Å²) in [5.74, 6) is 0.507. The number of carbonyl (C=O) groups is 1. The number of amides is 1. The minimum Gasteiger partial charge on any atom is -0.300 e. The van der Waals surface area contributed by atoms with Crippen LogP contribution in [0.5, 0.6) is 0 Å². The summed E-state index contributed by atoms with van der Waals surface area (Å²) in [7, 11) is 0. The molecule has 2 aromatic rings. The topological polar surface area (TPSA) is 54.9 Å². The van der Waals surface area contributed by atoms with Crippen LogP contribution in [0.3, 0.4) is 0 Å². The quantitative estimate of drug-likeness (QED) is 0.649. The molecule has 0 unspecified atom stereocenters. The maximum absolute atomic E-state index is 13.4. The molecule has 1 amide bonds. The maximum atomic E-state index is 13.4. The Labute approximate surface area is 128 Å². The molecule has 2 rings (SSSR count). The molecule has 0 radical (unpaired) electrons. The number of aromatic nitrogens is 2. The SMILES string of the molecule is CCSc1nnc(NC(=O)CSc2ccccc2F)s1. The van der Waals surface area contributed by atoms with Crippen molar-refractivity contribution in [3.05, 3.63) is 30.1 Å². The molecule has 0 bridgehead atoms. The van der Waals surface area contributed by atoms with E-state index in [1.807, 2.05) is 6.92 Å². The summed E-state index contributed by atoms with van der Waals surface area (Å²) in [6, 6.07) is 6.38. The lowest BCUT2D eigenvalue weighted by atomic mass is 10.3. The molecule has 0 spiro atoms. The molecule has 106 valence electrons. The Morgan fingerprint density at radius 3 is 2.90 bits per heavy atom. The molecule has 0 aliphatic carbocycles. The van der Waals surface area contributed by atoms with E-state index in [-0.39, 0.29) is 17.5 Å². The largest absolute Gasteiger partial charge is 0.300 e. The predicted molar refractivity (Wildman–Crippen MR) is 82.1 cm³/mol. The van der Waals surface area contributed by atoms with Crippen LogP contribution in [0, 0.1) is 5.82 Å². The van der Waals surface area contributed by atoms with E-state index in [0.717, 1.165) is 21.9 Å². The molecule has 0 fully saturated rings. The minimum absolute atomic E-state index is 0.136. The van der Waals surface area contributed by atoms with Crippen molar-refractivity contribution in [1.82, 2.24) is 10.2 Å². The third-order valence-electron chi connectivity index (χ3n) is 2.12. The monoisotopic (exact) mass is 329 g/mol. The summed E-state index contributed by atoms with van der Waals surface area (Å²) < 4.78 is 14.2. The molecule has 20 heavy (non-hydrogen) atoms. The number of benzene rings is 1. The fraction of sp³-hybridized carbons (Fsp3) is 0.250. The second-order valence-electron chi connectivity index (χ2n) is 3.57. The number of nitrogens with one attached hydrogen (secondary N) is 1. The Kier molecular flexibility index (Phi) is 5.81. The van der Waals surface area contributed by atoms with Crippen LogP contribution in [0.4, 0.5) is 9.52 Å². The zero-order valence-electron chi connectivity index (χ0n) is 10.6. The van der Waals surface area contributed by atoms with Crippen molar-refractivity contribution in [2.75, 3.05) is 16.8 Å². The van der Waals surface area contributed by atoms with Gasteiger partial charge in [0.1, 0.15) is 5.82 Å². The first-order chi connectivity index (χ1) is 9.69. The number of nitrogens with zero attached hydrogens (tertiary/aromatic N) is 2. The van der Waals surface area contributed by atoms with Crippen molar-refractivity contribution in [2.45, 2.75) is 16.2 Å². The summed E-state index contributed by atoms with van der Waals surface area (Å²) in [6.45, 7) is 2.02. The lowest BCUT2D eigenvalue weighted by Gasteiger charge is -2.02. The van der Waals surface area contributed by atoms with Crippen LogP contribution in [0.2, 0.25) is 0 Å². The van der Waals surface area contributed by atoms with Gasteiger partial charge in [-0.25, -0.2) is 4.39 Å². The van der Waals surface area contributed by atoms with Crippen LogP contribution in [-0.2, 0) is 4.79 Å². The van der Waals surface area contributed by atoms with E-state index in [9.17, 15) is 9.18 Å². The van der Waals surface area contributed by atoms with Gasteiger partial charge in [-0.05, 0) is 17.9 Å². The Hall–Kier alpha value is -1.12. The van der Waals surface area contributed by atoms with Crippen molar-refractivity contribution in [1.29, 1.82) is 0 Å². The third kappa shape index (κ3) is 4.46. The van der Waals surface area contributed by atoms with E-state index >= 15 is 0 Å². The first-order valence-electron chi connectivity index (χ1n) is 5.82. The van der Waals surface area contributed by atoms with Crippen molar-refractivity contribution in [3.63, 3.8) is 0 Å². The van der Waals surface area contributed by atoms with Crippen molar-refractivity contribution in [3.8, 4) is 0 Å². The first-order valence-corrected chi connectivity index (χ1v) is 8.61. The van der Waals surface area contributed by atoms with Gasteiger partial charge in [0.15, 0.2) is 4.34 Å². The minimum atomic E-state index is -0.317. The molecule has 0 aliphatic rings. The van der Waals surface area contributed by atoms with Crippen LogP contribution in [0.25, 0.3) is 0 Å². The molecule has 1 N–H and O–H groups in total. The van der Waals surface area contributed by atoms with Gasteiger partial charge in [0.05, 0.1) is 5.75 Å². The van der Waals surface area contributed by atoms with Crippen LogP contribution in [0.1, 0.15) is 6.92 Å². The standard InChI is InChI=1S/C12H12FN3OS3/c1-2-18-12-16-15-11(20-12)14-10(17)7-19-9-6-4-3-5-8(9)13/h3-6H,2,7H2,1H3,(H,14,15,17). The van der Waals surface area contributed by atoms with E-state index in [0.29, 0.717) is 10.0 Å². The number of anilines is 1. The second kappa shape index (κ2) is 7.61. The Bertz CT molecular complexity index is 591. The van der Waals surface area contributed by atoms with Gasteiger partial charge in [-0.3, -0.25) is 10.1 Å². The average molecular weight is 329 g/mol. The van der Waals surface area contributed by atoms with E-state index in [1.54, 1.807) is 30.0 Å². The van der Waals surface area contributed by atoms with Gasteiger partial charge in [0.2, 0.25) is 11.0 Å². The Morgan fingerprint density at radius 2 is 2.15 bits per heavy atom. The molecule has 0 saturated carbocycles. The fourth-order valence-electron chi connectivity index (χ4n) is 1.30. The molecule has 1 aromatic heterocycles. The molecule has 1 heterocycles. The van der Waals surface area contributed by atoms with Gasteiger partial charge in [0.25, 0.3) is 0 Å². The van der Waals surface area contributed by atoms with Gasteiger partial charge in [-0.2, -0.15) is 0 Å². The zero-order chi connectivity index (χ0) is 14.4. The van der Waals surface area contributed by atoms with Crippen LogP contribution in [0.15, 0.2) is 33.5 Å². The van der Waals surface area contributed by atoms with Gasteiger partial charge in [-0.15, -0.1) is 22.0 Å². The van der Waals surface area contributed by atoms with Gasteiger partial charge in [0, 0.05) is 4.90 Å². The van der Waals surface area contributed by atoms with E-state index in [4.69, 9.17) is 0 Å². The lowest BCUT2D eigenvalue weighted by Crippen LogP contribution is -2.13. The van der Waals surface area contributed by atoms with Crippen molar-refractivity contribution in [2.24, 2.45) is 0 Å². The summed E-state index contributed by atoms with van der Waals surface area (Å²) in [4.78, 5) is 12.2. The highest BCUT2D eigenvalue weighted by Crippen LogP contribution is 2.25. The molecular formula is C12H12FN3OS3. The summed E-state index contributed by atoms with van der Waals surface area (Å²) in [5, 5.41) is 11.0. The van der Waals surface area contributed by atoms with E-state index in [2.05, 4.69) is 15.5 Å². The van der Waals surface area contributed by atoms with Crippen LogP contribution < -0.4 is 5.32 Å².